The zero-order chi connectivity index (χ0) is 14.0. The van der Waals surface area contributed by atoms with E-state index in [4.69, 9.17) is 10.8 Å². The third-order valence-electron chi connectivity index (χ3n) is 3.25. The number of nitrogens with one attached hydrogen (secondary N) is 1. The molecule has 19 heavy (non-hydrogen) atoms. The number of aromatic nitrogens is 1. The standard InChI is InChI=1S/C14H21N3OS/c1-8(2)11(4-5-18)17-12-7-13-14(6-10(12)15)19-9(3)16-13/h6-8,11,17-18H,4-5,15H2,1-3H3. The summed E-state index contributed by atoms with van der Waals surface area (Å²) in [5.41, 5.74) is 8.72. The second-order valence-corrected chi connectivity index (χ2v) is 6.38. The van der Waals surface area contributed by atoms with E-state index in [1.165, 1.54) is 0 Å². The summed E-state index contributed by atoms with van der Waals surface area (Å²) in [6, 6.07) is 4.18. The highest BCUT2D eigenvalue weighted by molar-refractivity contribution is 7.18. The fourth-order valence-corrected chi connectivity index (χ4v) is 3.00. The quantitative estimate of drug-likeness (QED) is 0.736. The Labute approximate surface area is 117 Å². The van der Waals surface area contributed by atoms with Crippen LogP contribution in [0.4, 0.5) is 11.4 Å². The highest BCUT2D eigenvalue weighted by Crippen LogP contribution is 2.30. The van der Waals surface area contributed by atoms with Crippen molar-refractivity contribution in [3.05, 3.63) is 17.1 Å². The lowest BCUT2D eigenvalue weighted by Gasteiger charge is -2.23. The van der Waals surface area contributed by atoms with Gasteiger partial charge in [0.1, 0.15) is 0 Å². The summed E-state index contributed by atoms with van der Waals surface area (Å²) >= 11 is 1.65. The van der Waals surface area contributed by atoms with Gasteiger partial charge in [-0.15, -0.1) is 11.3 Å². The third-order valence-corrected chi connectivity index (χ3v) is 4.19. The van der Waals surface area contributed by atoms with Gasteiger partial charge in [0, 0.05) is 12.6 Å². The second kappa shape index (κ2) is 5.75. The van der Waals surface area contributed by atoms with Crippen LogP contribution in [-0.4, -0.2) is 22.7 Å². The van der Waals surface area contributed by atoms with E-state index in [9.17, 15) is 0 Å². The van der Waals surface area contributed by atoms with Crippen LogP contribution in [0.2, 0.25) is 0 Å². The number of hydrogen-bond donors (Lipinski definition) is 3. The number of aliphatic hydroxyl groups excluding tert-OH is 1. The number of nitrogens with two attached hydrogens (primary N) is 1. The van der Waals surface area contributed by atoms with Crippen LogP contribution in [-0.2, 0) is 0 Å². The minimum atomic E-state index is 0.174. The Hall–Kier alpha value is -1.33. The van der Waals surface area contributed by atoms with Gasteiger partial charge < -0.3 is 16.2 Å². The largest absolute Gasteiger partial charge is 0.397 e. The first kappa shape index (κ1) is 14.1. The van der Waals surface area contributed by atoms with Crippen molar-refractivity contribution < 1.29 is 5.11 Å². The van der Waals surface area contributed by atoms with Crippen LogP contribution >= 0.6 is 11.3 Å². The zero-order valence-corrected chi connectivity index (χ0v) is 12.4. The summed E-state index contributed by atoms with van der Waals surface area (Å²) < 4.78 is 1.11. The van der Waals surface area contributed by atoms with Gasteiger partial charge in [0.05, 0.1) is 26.6 Å². The Morgan fingerprint density at radius 1 is 1.42 bits per heavy atom. The molecule has 1 atom stereocenters. The number of nitrogens with zero attached hydrogens (tertiary/aromatic N) is 1. The van der Waals surface area contributed by atoms with E-state index in [0.29, 0.717) is 12.3 Å². The van der Waals surface area contributed by atoms with Crippen molar-refractivity contribution in [2.24, 2.45) is 5.92 Å². The summed E-state index contributed by atoms with van der Waals surface area (Å²) in [5.74, 6) is 0.430. The Morgan fingerprint density at radius 2 is 2.16 bits per heavy atom. The van der Waals surface area contributed by atoms with Gasteiger partial charge in [-0.2, -0.15) is 0 Å². The number of hydrogen-bond acceptors (Lipinski definition) is 5. The second-order valence-electron chi connectivity index (χ2n) is 5.15. The smallest absolute Gasteiger partial charge is 0.0907 e. The number of anilines is 2. The number of fused-ring (bicyclic) bond motifs is 1. The van der Waals surface area contributed by atoms with Crippen LogP contribution in [0.3, 0.4) is 0 Å². The Balaban J connectivity index is 2.30. The van der Waals surface area contributed by atoms with Gasteiger partial charge in [-0.3, -0.25) is 0 Å². The Morgan fingerprint density at radius 3 is 2.79 bits per heavy atom. The zero-order valence-electron chi connectivity index (χ0n) is 11.6. The fraction of sp³-hybridized carbons (Fsp3) is 0.500. The first-order valence-electron chi connectivity index (χ1n) is 6.55. The Kier molecular flexibility index (Phi) is 4.27. The minimum absolute atomic E-state index is 0.174. The van der Waals surface area contributed by atoms with Gasteiger partial charge in [-0.1, -0.05) is 13.8 Å². The normalized spacial score (nSPS) is 13.1. The molecule has 0 aliphatic rings. The van der Waals surface area contributed by atoms with Gasteiger partial charge in [0.25, 0.3) is 0 Å². The summed E-state index contributed by atoms with van der Waals surface area (Å²) in [6.45, 7) is 6.44. The maximum Gasteiger partial charge on any atom is 0.0907 e. The lowest BCUT2D eigenvalue weighted by Crippen LogP contribution is -2.27. The van der Waals surface area contributed by atoms with Crippen LogP contribution in [0.1, 0.15) is 25.3 Å². The van der Waals surface area contributed by atoms with E-state index in [1.807, 2.05) is 19.1 Å². The molecule has 0 fully saturated rings. The van der Waals surface area contributed by atoms with Crippen LogP contribution < -0.4 is 11.1 Å². The summed E-state index contributed by atoms with van der Waals surface area (Å²) in [6.07, 6.45) is 0.714. The molecule has 5 heteroatoms. The average molecular weight is 279 g/mol. The van der Waals surface area contributed by atoms with Crippen LogP contribution in [0.5, 0.6) is 0 Å². The highest BCUT2D eigenvalue weighted by atomic mass is 32.1. The number of rotatable bonds is 5. The summed E-state index contributed by atoms with van der Waals surface area (Å²) in [5, 5.41) is 13.6. The molecule has 0 aliphatic carbocycles. The summed E-state index contributed by atoms with van der Waals surface area (Å²) in [7, 11) is 0. The monoisotopic (exact) mass is 279 g/mol. The molecule has 0 aliphatic heterocycles. The van der Waals surface area contributed by atoms with E-state index in [2.05, 4.69) is 24.1 Å². The number of aryl methyl sites for hydroxylation is 1. The minimum Gasteiger partial charge on any atom is -0.397 e. The van der Waals surface area contributed by atoms with Gasteiger partial charge >= 0.3 is 0 Å². The van der Waals surface area contributed by atoms with Gasteiger partial charge in [0.15, 0.2) is 0 Å². The molecule has 0 saturated carbocycles. The van der Waals surface area contributed by atoms with Gasteiger partial charge in [-0.05, 0) is 31.4 Å². The number of aliphatic hydroxyl groups is 1. The molecule has 1 aromatic carbocycles. The van der Waals surface area contributed by atoms with Crippen molar-refractivity contribution in [3.63, 3.8) is 0 Å². The van der Waals surface area contributed by atoms with Gasteiger partial charge in [-0.25, -0.2) is 4.98 Å². The molecule has 2 aromatic rings. The van der Waals surface area contributed by atoms with Gasteiger partial charge in [0.2, 0.25) is 0 Å². The van der Waals surface area contributed by atoms with E-state index in [0.717, 1.165) is 26.6 Å². The molecule has 104 valence electrons. The van der Waals surface area contributed by atoms with Crippen molar-refractivity contribution >= 4 is 32.9 Å². The van der Waals surface area contributed by atoms with Crippen LogP contribution in [0.15, 0.2) is 12.1 Å². The van der Waals surface area contributed by atoms with Crippen molar-refractivity contribution in [1.29, 1.82) is 0 Å². The maximum absolute atomic E-state index is 9.13. The highest BCUT2D eigenvalue weighted by Gasteiger charge is 2.15. The fourth-order valence-electron chi connectivity index (χ4n) is 2.14. The molecule has 0 radical (unpaired) electrons. The lowest BCUT2D eigenvalue weighted by atomic mass is 10.0. The van der Waals surface area contributed by atoms with E-state index in [-0.39, 0.29) is 12.6 Å². The number of thiazole rings is 1. The predicted molar refractivity (Wildman–Crippen MR) is 82.7 cm³/mol. The first-order chi connectivity index (χ1) is 9.01. The first-order valence-corrected chi connectivity index (χ1v) is 7.37. The number of benzene rings is 1. The SMILES string of the molecule is Cc1nc2cc(NC(CCO)C(C)C)c(N)cc2s1. The predicted octanol–water partition coefficient (Wildman–Crippen LogP) is 3.01. The molecule has 0 bridgehead atoms. The van der Waals surface area contributed by atoms with Crippen LogP contribution in [0.25, 0.3) is 10.2 Å². The molecule has 1 unspecified atom stereocenters. The molecule has 2 rings (SSSR count). The lowest BCUT2D eigenvalue weighted by molar-refractivity contribution is 0.267. The van der Waals surface area contributed by atoms with E-state index >= 15 is 0 Å². The molecule has 0 saturated heterocycles. The molecular weight excluding hydrogens is 258 g/mol. The summed E-state index contributed by atoms with van der Waals surface area (Å²) in [4.78, 5) is 4.49. The molecule has 1 aromatic heterocycles. The van der Waals surface area contributed by atoms with Crippen LogP contribution in [0, 0.1) is 12.8 Å². The van der Waals surface area contributed by atoms with Crippen molar-refractivity contribution in [1.82, 2.24) is 4.98 Å². The third kappa shape index (κ3) is 3.16. The van der Waals surface area contributed by atoms with Crippen molar-refractivity contribution in [2.75, 3.05) is 17.7 Å². The molecule has 4 nitrogen and oxygen atoms in total. The van der Waals surface area contributed by atoms with Crippen molar-refractivity contribution in [2.45, 2.75) is 33.2 Å². The van der Waals surface area contributed by atoms with Crippen molar-refractivity contribution in [3.8, 4) is 0 Å². The molecule has 1 heterocycles. The molecule has 0 amide bonds. The van der Waals surface area contributed by atoms with E-state index < -0.39 is 0 Å². The van der Waals surface area contributed by atoms with E-state index in [1.54, 1.807) is 11.3 Å². The number of nitrogen functional groups attached to an aromatic ring is 1. The maximum atomic E-state index is 9.13. The Bertz CT molecular complexity index is 565. The molecule has 4 N–H and O–H groups in total. The molecular formula is C14H21N3OS. The average Bonchev–Trinajstić information content (AvgIpc) is 2.67. The molecule has 0 spiro atoms. The topological polar surface area (TPSA) is 71.2 Å².